The fourth-order valence-electron chi connectivity index (χ4n) is 3.19. The molecule has 1 amide bonds. The summed E-state index contributed by atoms with van der Waals surface area (Å²) in [4.78, 5) is 13.4. The first-order valence-electron chi connectivity index (χ1n) is 9.74. The molecule has 0 spiro atoms. The summed E-state index contributed by atoms with van der Waals surface area (Å²) in [6, 6.07) is 13.3. The van der Waals surface area contributed by atoms with Crippen LogP contribution in [-0.4, -0.2) is 45.0 Å². The van der Waals surface area contributed by atoms with Crippen LogP contribution in [0.5, 0.6) is 11.5 Å². The molecule has 1 aliphatic rings. The molecule has 0 bridgehead atoms. The first kappa shape index (κ1) is 19.6. The molecule has 4 rings (SSSR count). The Morgan fingerprint density at radius 3 is 3.00 bits per heavy atom. The summed E-state index contributed by atoms with van der Waals surface area (Å²) in [6.45, 7) is 4.38. The average molecular weight is 406 g/mol. The van der Waals surface area contributed by atoms with Crippen LogP contribution in [0.1, 0.15) is 25.0 Å². The van der Waals surface area contributed by atoms with E-state index >= 15 is 0 Å². The number of hydrogen-bond acceptors (Lipinski definition) is 7. The maximum atomic E-state index is 12.2. The van der Waals surface area contributed by atoms with Gasteiger partial charge in [0, 0.05) is 23.1 Å². The molecule has 3 aromatic rings. The van der Waals surface area contributed by atoms with Gasteiger partial charge in [-0.15, -0.1) is 10.2 Å². The molecule has 0 radical (unpaired) electrons. The van der Waals surface area contributed by atoms with Crippen molar-refractivity contribution in [2.45, 2.75) is 32.9 Å². The quantitative estimate of drug-likeness (QED) is 0.477. The maximum Gasteiger partial charge on any atom is 0.263 e. The zero-order valence-corrected chi connectivity index (χ0v) is 16.8. The first-order valence-corrected chi connectivity index (χ1v) is 9.74. The van der Waals surface area contributed by atoms with Crippen molar-refractivity contribution in [3.8, 4) is 22.9 Å². The molecule has 0 saturated carbocycles. The SMILES string of the molecule is CCOc1cc2c(cc1/C=N\NC(=O)Cn1nnc(-c3ccccc3)n1)O[C@H](C)C2. The number of ether oxygens (including phenoxy) is 2. The van der Waals surface area contributed by atoms with Crippen molar-refractivity contribution in [1.82, 2.24) is 25.6 Å². The number of fused-ring (bicyclic) bond motifs is 1. The number of nitrogens with one attached hydrogen (secondary N) is 1. The van der Waals surface area contributed by atoms with Crippen LogP contribution in [0.3, 0.4) is 0 Å². The third-order valence-corrected chi connectivity index (χ3v) is 4.49. The normalized spacial score (nSPS) is 15.1. The lowest BCUT2D eigenvalue weighted by atomic mass is 10.1. The van der Waals surface area contributed by atoms with Crippen LogP contribution in [0.25, 0.3) is 11.4 Å². The van der Waals surface area contributed by atoms with Crippen molar-refractivity contribution in [2.24, 2.45) is 5.10 Å². The Hall–Kier alpha value is -3.75. The molecule has 1 N–H and O–H groups in total. The molecule has 0 aliphatic carbocycles. The molecule has 30 heavy (non-hydrogen) atoms. The number of hydrogen-bond donors (Lipinski definition) is 1. The van der Waals surface area contributed by atoms with E-state index < -0.39 is 0 Å². The Kier molecular flexibility index (Phi) is 5.69. The molecule has 1 aliphatic heterocycles. The third-order valence-electron chi connectivity index (χ3n) is 4.49. The van der Waals surface area contributed by atoms with Crippen molar-refractivity contribution < 1.29 is 14.3 Å². The number of carbonyl (C=O) groups is 1. The second-order valence-corrected chi connectivity index (χ2v) is 6.87. The second-order valence-electron chi connectivity index (χ2n) is 6.87. The van der Waals surface area contributed by atoms with Gasteiger partial charge in [-0.3, -0.25) is 4.79 Å². The van der Waals surface area contributed by atoms with Gasteiger partial charge in [0.2, 0.25) is 5.82 Å². The first-order chi connectivity index (χ1) is 14.6. The van der Waals surface area contributed by atoms with Crippen molar-refractivity contribution in [2.75, 3.05) is 6.61 Å². The summed E-state index contributed by atoms with van der Waals surface area (Å²) in [5, 5.41) is 16.1. The molecule has 9 heteroatoms. The summed E-state index contributed by atoms with van der Waals surface area (Å²) in [5.74, 6) is 1.62. The molecule has 1 atom stereocenters. The highest BCUT2D eigenvalue weighted by Gasteiger charge is 2.21. The molecule has 2 heterocycles. The van der Waals surface area contributed by atoms with Crippen LogP contribution in [0.15, 0.2) is 47.6 Å². The number of benzene rings is 2. The lowest BCUT2D eigenvalue weighted by Gasteiger charge is -2.09. The van der Waals surface area contributed by atoms with Gasteiger partial charge in [0.1, 0.15) is 24.1 Å². The van der Waals surface area contributed by atoms with Crippen LogP contribution < -0.4 is 14.9 Å². The van der Waals surface area contributed by atoms with E-state index in [4.69, 9.17) is 9.47 Å². The minimum Gasteiger partial charge on any atom is -0.493 e. The van der Waals surface area contributed by atoms with E-state index in [1.807, 2.05) is 56.3 Å². The predicted molar refractivity (Wildman–Crippen MR) is 110 cm³/mol. The van der Waals surface area contributed by atoms with Gasteiger partial charge in [0.15, 0.2) is 0 Å². The minimum absolute atomic E-state index is 0.0969. The van der Waals surface area contributed by atoms with E-state index in [1.165, 1.54) is 4.80 Å². The largest absolute Gasteiger partial charge is 0.493 e. The van der Waals surface area contributed by atoms with Crippen LogP contribution in [0.2, 0.25) is 0 Å². The molecule has 2 aromatic carbocycles. The highest BCUT2D eigenvalue weighted by Crippen LogP contribution is 2.34. The van der Waals surface area contributed by atoms with Gasteiger partial charge in [-0.2, -0.15) is 9.90 Å². The van der Waals surface area contributed by atoms with Gasteiger partial charge in [0.25, 0.3) is 5.91 Å². The van der Waals surface area contributed by atoms with Crippen LogP contribution in [-0.2, 0) is 17.8 Å². The number of rotatable bonds is 7. The number of hydrazone groups is 1. The van der Waals surface area contributed by atoms with Crippen molar-refractivity contribution in [1.29, 1.82) is 0 Å². The van der Waals surface area contributed by atoms with Crippen molar-refractivity contribution in [3.63, 3.8) is 0 Å². The molecule has 0 saturated heterocycles. The summed E-state index contributed by atoms with van der Waals surface area (Å²) >= 11 is 0. The van der Waals surface area contributed by atoms with Gasteiger partial charge in [0.05, 0.1) is 12.8 Å². The fourth-order valence-corrected chi connectivity index (χ4v) is 3.19. The van der Waals surface area contributed by atoms with Crippen LogP contribution in [0, 0.1) is 0 Å². The van der Waals surface area contributed by atoms with E-state index in [0.717, 1.165) is 28.9 Å². The fraction of sp³-hybridized carbons (Fsp3) is 0.286. The highest BCUT2D eigenvalue weighted by molar-refractivity contribution is 5.86. The number of tetrazole rings is 1. The Labute approximate surface area is 173 Å². The minimum atomic E-state index is -0.368. The Balaban J connectivity index is 1.39. The second kappa shape index (κ2) is 8.73. The van der Waals surface area contributed by atoms with E-state index in [1.54, 1.807) is 6.21 Å². The third kappa shape index (κ3) is 4.45. The molecule has 0 fully saturated rings. The van der Waals surface area contributed by atoms with Gasteiger partial charge in [-0.25, -0.2) is 5.43 Å². The molecular weight excluding hydrogens is 384 g/mol. The molecule has 154 valence electrons. The lowest BCUT2D eigenvalue weighted by molar-refractivity contribution is -0.122. The zero-order chi connectivity index (χ0) is 20.9. The summed E-state index contributed by atoms with van der Waals surface area (Å²) in [7, 11) is 0. The molecule has 9 nitrogen and oxygen atoms in total. The van der Waals surface area contributed by atoms with Crippen molar-refractivity contribution in [3.05, 3.63) is 53.6 Å². The van der Waals surface area contributed by atoms with Crippen molar-refractivity contribution >= 4 is 12.1 Å². The monoisotopic (exact) mass is 406 g/mol. The van der Waals surface area contributed by atoms with E-state index in [2.05, 4.69) is 25.9 Å². The summed E-state index contributed by atoms with van der Waals surface area (Å²) in [6.07, 6.45) is 2.52. The van der Waals surface area contributed by atoms with Gasteiger partial charge < -0.3 is 9.47 Å². The van der Waals surface area contributed by atoms with Gasteiger partial charge >= 0.3 is 0 Å². The lowest BCUT2D eigenvalue weighted by Crippen LogP contribution is -2.24. The Bertz CT molecular complexity index is 1060. The molecule has 0 unspecified atom stereocenters. The molecular formula is C21H22N6O3. The predicted octanol–water partition coefficient (Wildman–Crippen LogP) is 2.21. The summed E-state index contributed by atoms with van der Waals surface area (Å²) < 4.78 is 11.5. The Morgan fingerprint density at radius 2 is 2.20 bits per heavy atom. The van der Waals surface area contributed by atoms with Gasteiger partial charge in [-0.1, -0.05) is 30.3 Å². The zero-order valence-electron chi connectivity index (χ0n) is 16.8. The average Bonchev–Trinajstić information content (AvgIpc) is 3.34. The summed E-state index contributed by atoms with van der Waals surface area (Å²) in [5.41, 5.74) is 5.15. The Morgan fingerprint density at radius 1 is 1.37 bits per heavy atom. The topological polar surface area (TPSA) is 104 Å². The van der Waals surface area contributed by atoms with Crippen LogP contribution >= 0.6 is 0 Å². The van der Waals surface area contributed by atoms with Crippen LogP contribution in [0.4, 0.5) is 0 Å². The highest BCUT2D eigenvalue weighted by atomic mass is 16.5. The maximum absolute atomic E-state index is 12.2. The van der Waals surface area contributed by atoms with E-state index in [9.17, 15) is 4.79 Å². The number of carbonyl (C=O) groups excluding carboxylic acids is 1. The molecule has 1 aromatic heterocycles. The van der Waals surface area contributed by atoms with E-state index in [-0.39, 0.29) is 18.6 Å². The van der Waals surface area contributed by atoms with E-state index in [0.29, 0.717) is 18.2 Å². The van der Waals surface area contributed by atoms with Gasteiger partial charge in [-0.05, 0) is 31.2 Å². The number of amides is 1. The standard InChI is InChI=1S/C21H22N6O3/c1-3-29-18-10-16-9-14(2)30-19(16)11-17(18)12-22-23-20(28)13-27-25-21(24-26-27)15-7-5-4-6-8-15/h4-8,10-12,14H,3,9,13H2,1-2H3,(H,23,28)/b22-12-/t14-/m1/s1. The smallest absolute Gasteiger partial charge is 0.263 e. The number of nitrogens with zero attached hydrogens (tertiary/aromatic N) is 5. The number of aromatic nitrogens is 4.